The minimum absolute atomic E-state index is 0.0450. The number of carbonyl (C=O) groups is 3. The summed E-state index contributed by atoms with van der Waals surface area (Å²) in [5.41, 5.74) is 0. The molecule has 9 heavy (non-hydrogen) atoms. The SMILES string of the molecule is O=C1NCNC(=O)C1=O. The lowest BCUT2D eigenvalue weighted by Crippen LogP contribution is -2.52. The Morgan fingerprint density at radius 3 is 1.78 bits per heavy atom. The quantitative estimate of drug-likeness (QED) is 0.362. The number of nitrogens with one attached hydrogen (secondary N) is 2. The molecule has 5 heteroatoms. The van der Waals surface area contributed by atoms with Gasteiger partial charge in [-0.25, -0.2) is 0 Å². The molecule has 0 aromatic rings. The summed E-state index contributed by atoms with van der Waals surface area (Å²) in [6.07, 6.45) is 0. The van der Waals surface area contributed by atoms with Gasteiger partial charge in [0, 0.05) is 0 Å². The second kappa shape index (κ2) is 1.85. The Morgan fingerprint density at radius 2 is 1.44 bits per heavy atom. The van der Waals surface area contributed by atoms with Crippen molar-refractivity contribution >= 4 is 17.6 Å². The summed E-state index contributed by atoms with van der Waals surface area (Å²) in [6, 6.07) is 0. The minimum Gasteiger partial charge on any atom is -0.332 e. The average molecular weight is 128 g/mol. The molecule has 0 aliphatic carbocycles. The molecule has 2 amide bonds. The number of rotatable bonds is 0. The van der Waals surface area contributed by atoms with Crippen molar-refractivity contribution in [1.82, 2.24) is 10.6 Å². The second-order valence-corrected chi connectivity index (χ2v) is 1.52. The van der Waals surface area contributed by atoms with Gasteiger partial charge in [0.15, 0.2) is 0 Å². The highest BCUT2D eigenvalue weighted by molar-refractivity contribution is 6.63. The Balaban J connectivity index is 2.74. The summed E-state index contributed by atoms with van der Waals surface area (Å²) in [4.78, 5) is 30.9. The topological polar surface area (TPSA) is 75.3 Å². The molecule has 0 saturated carbocycles. The van der Waals surface area contributed by atoms with Crippen LogP contribution in [0.4, 0.5) is 0 Å². The van der Waals surface area contributed by atoms with Crippen LogP contribution in [0.15, 0.2) is 0 Å². The number of hydrogen-bond donors (Lipinski definition) is 2. The van der Waals surface area contributed by atoms with Gasteiger partial charge in [-0.2, -0.15) is 0 Å². The second-order valence-electron chi connectivity index (χ2n) is 1.52. The van der Waals surface area contributed by atoms with Gasteiger partial charge in [-0.05, 0) is 0 Å². The van der Waals surface area contributed by atoms with Crippen LogP contribution in [-0.2, 0) is 14.4 Å². The van der Waals surface area contributed by atoms with Gasteiger partial charge >= 0.3 is 5.78 Å². The van der Waals surface area contributed by atoms with Crippen LogP contribution in [0, 0.1) is 0 Å². The van der Waals surface area contributed by atoms with E-state index in [1.165, 1.54) is 0 Å². The maximum absolute atomic E-state index is 10.3. The molecule has 2 N–H and O–H groups in total. The van der Waals surface area contributed by atoms with Gasteiger partial charge in [-0.1, -0.05) is 0 Å². The van der Waals surface area contributed by atoms with Gasteiger partial charge in [0.2, 0.25) is 0 Å². The van der Waals surface area contributed by atoms with Gasteiger partial charge in [0.1, 0.15) is 0 Å². The molecule has 0 aromatic heterocycles. The first-order valence-electron chi connectivity index (χ1n) is 2.32. The normalized spacial score (nSPS) is 18.9. The van der Waals surface area contributed by atoms with Crippen molar-refractivity contribution in [3.63, 3.8) is 0 Å². The van der Waals surface area contributed by atoms with Crippen LogP contribution in [0.2, 0.25) is 0 Å². The van der Waals surface area contributed by atoms with Gasteiger partial charge in [-0.15, -0.1) is 0 Å². The summed E-state index contributed by atoms with van der Waals surface area (Å²) in [5.74, 6) is -2.70. The van der Waals surface area contributed by atoms with Crippen molar-refractivity contribution in [3.8, 4) is 0 Å². The lowest BCUT2D eigenvalue weighted by Gasteiger charge is -2.09. The summed E-state index contributed by atoms with van der Waals surface area (Å²) < 4.78 is 0. The molecule has 0 unspecified atom stereocenters. The molecule has 1 heterocycles. The molecule has 5 nitrogen and oxygen atoms in total. The maximum atomic E-state index is 10.3. The fraction of sp³-hybridized carbons (Fsp3) is 0.250. The van der Waals surface area contributed by atoms with E-state index in [1.807, 2.05) is 0 Å². The van der Waals surface area contributed by atoms with Crippen molar-refractivity contribution in [2.24, 2.45) is 0 Å². The lowest BCUT2D eigenvalue weighted by atomic mass is 10.3. The predicted molar refractivity (Wildman–Crippen MR) is 26.2 cm³/mol. The first kappa shape index (κ1) is 5.74. The van der Waals surface area contributed by atoms with Crippen LogP contribution >= 0.6 is 0 Å². The molecular weight excluding hydrogens is 124 g/mol. The largest absolute Gasteiger partial charge is 0.332 e. The highest BCUT2D eigenvalue weighted by Crippen LogP contribution is 1.78. The third-order valence-electron chi connectivity index (χ3n) is 0.910. The summed E-state index contributed by atoms with van der Waals surface area (Å²) in [5, 5.41) is 4.28. The zero-order chi connectivity index (χ0) is 6.85. The molecule has 48 valence electrons. The molecule has 1 aliphatic heterocycles. The van der Waals surface area contributed by atoms with E-state index in [0.717, 1.165) is 0 Å². The smallest absolute Gasteiger partial charge is 0.307 e. The highest BCUT2D eigenvalue weighted by atomic mass is 16.2. The Hall–Kier alpha value is -1.39. The molecule has 0 bridgehead atoms. The maximum Gasteiger partial charge on any atom is 0.307 e. The van der Waals surface area contributed by atoms with Gasteiger partial charge in [0.25, 0.3) is 11.8 Å². The minimum atomic E-state index is -1.03. The van der Waals surface area contributed by atoms with E-state index >= 15 is 0 Å². The molecule has 1 rings (SSSR count). The summed E-state index contributed by atoms with van der Waals surface area (Å²) in [6.45, 7) is 0.0450. The van der Waals surface area contributed by atoms with E-state index in [-0.39, 0.29) is 6.67 Å². The van der Waals surface area contributed by atoms with Crippen molar-refractivity contribution in [1.29, 1.82) is 0 Å². The summed E-state index contributed by atoms with van der Waals surface area (Å²) >= 11 is 0. The van der Waals surface area contributed by atoms with Crippen LogP contribution in [0.1, 0.15) is 0 Å². The Bertz CT molecular complexity index is 168. The number of amides is 2. The Morgan fingerprint density at radius 1 is 1.00 bits per heavy atom. The third kappa shape index (κ3) is 0.883. The van der Waals surface area contributed by atoms with Crippen molar-refractivity contribution in [2.75, 3.05) is 6.67 Å². The van der Waals surface area contributed by atoms with Crippen molar-refractivity contribution in [2.45, 2.75) is 0 Å². The van der Waals surface area contributed by atoms with Crippen molar-refractivity contribution in [3.05, 3.63) is 0 Å². The molecular formula is C4H4N2O3. The first-order valence-corrected chi connectivity index (χ1v) is 2.32. The third-order valence-corrected chi connectivity index (χ3v) is 0.910. The molecule has 0 aromatic carbocycles. The number of Topliss-reactive ketones (excluding diaryl/α,β-unsaturated/α-hetero) is 1. The van der Waals surface area contributed by atoms with Crippen LogP contribution in [0.5, 0.6) is 0 Å². The predicted octanol–water partition coefficient (Wildman–Crippen LogP) is -2.24. The fourth-order valence-corrected chi connectivity index (χ4v) is 0.468. The average Bonchev–Trinajstić information content (AvgIpc) is 1.83. The molecule has 1 aliphatic rings. The summed E-state index contributed by atoms with van der Waals surface area (Å²) in [7, 11) is 0. The Kier molecular flexibility index (Phi) is 1.18. The van der Waals surface area contributed by atoms with Gasteiger partial charge in [-0.3, -0.25) is 14.4 Å². The van der Waals surface area contributed by atoms with Crippen LogP contribution in [0.3, 0.4) is 0 Å². The van der Waals surface area contributed by atoms with Gasteiger partial charge in [0.05, 0.1) is 6.67 Å². The molecule has 0 atom stereocenters. The first-order chi connectivity index (χ1) is 4.22. The van der Waals surface area contributed by atoms with E-state index in [1.54, 1.807) is 0 Å². The number of ketones is 1. The zero-order valence-electron chi connectivity index (χ0n) is 4.43. The molecule has 0 spiro atoms. The number of hydrogen-bond acceptors (Lipinski definition) is 3. The zero-order valence-corrected chi connectivity index (χ0v) is 4.43. The van der Waals surface area contributed by atoms with E-state index in [2.05, 4.69) is 10.6 Å². The van der Waals surface area contributed by atoms with E-state index in [9.17, 15) is 14.4 Å². The molecule has 0 radical (unpaired) electrons. The monoisotopic (exact) mass is 128 g/mol. The lowest BCUT2D eigenvalue weighted by molar-refractivity contribution is -0.147. The Labute approximate surface area is 50.4 Å². The highest BCUT2D eigenvalue weighted by Gasteiger charge is 2.25. The van der Waals surface area contributed by atoms with Crippen LogP contribution in [-0.4, -0.2) is 24.3 Å². The number of carbonyl (C=O) groups excluding carboxylic acids is 3. The van der Waals surface area contributed by atoms with E-state index < -0.39 is 17.6 Å². The van der Waals surface area contributed by atoms with Crippen LogP contribution < -0.4 is 10.6 Å². The van der Waals surface area contributed by atoms with Crippen LogP contribution in [0.25, 0.3) is 0 Å². The standard InChI is InChI=1S/C4H4N2O3/c7-2-3(8)5-1-6-4(2)9/h1H2,(H,5,8)(H,6,9). The van der Waals surface area contributed by atoms with E-state index in [0.29, 0.717) is 0 Å². The fourth-order valence-electron chi connectivity index (χ4n) is 0.468. The van der Waals surface area contributed by atoms with E-state index in [4.69, 9.17) is 0 Å². The van der Waals surface area contributed by atoms with Crippen molar-refractivity contribution < 1.29 is 14.4 Å². The molecule has 1 fully saturated rings. The van der Waals surface area contributed by atoms with Gasteiger partial charge < -0.3 is 10.6 Å². The molecule has 1 saturated heterocycles.